The number of methoxy groups -OCH3 is 2. The Kier molecular flexibility index (Phi) is 9.87. The van der Waals surface area contributed by atoms with Crippen LogP contribution in [0, 0.1) is 0 Å². The lowest BCUT2D eigenvalue weighted by atomic mass is 10.3. The average Bonchev–Trinajstić information content (AvgIpc) is 3.00. The van der Waals surface area contributed by atoms with Gasteiger partial charge >= 0.3 is 0 Å². The fraction of sp³-hybridized carbons (Fsp3) is 0.571. The van der Waals surface area contributed by atoms with E-state index in [1.165, 1.54) is 27.1 Å². The molecule has 1 aromatic rings. The molecule has 1 aliphatic rings. The molecule has 1 aliphatic heterocycles. The fourth-order valence-corrected chi connectivity index (χ4v) is 1.39. The van der Waals surface area contributed by atoms with Crippen molar-refractivity contribution in [1.29, 1.82) is 0 Å². The average molecular weight is 257 g/mol. The van der Waals surface area contributed by atoms with Crippen molar-refractivity contribution in [2.45, 2.75) is 26.7 Å². The van der Waals surface area contributed by atoms with Gasteiger partial charge in [-0.3, -0.25) is 0 Å². The molecule has 1 aromatic carbocycles. The van der Waals surface area contributed by atoms with E-state index in [1.54, 1.807) is 18.2 Å². The van der Waals surface area contributed by atoms with Crippen molar-refractivity contribution in [2.24, 2.45) is 0 Å². The highest BCUT2D eigenvalue weighted by Gasteiger charge is 2.05. The lowest BCUT2D eigenvalue weighted by Gasteiger charge is -2.06. The van der Waals surface area contributed by atoms with Gasteiger partial charge in [-0.15, -0.1) is 0 Å². The van der Waals surface area contributed by atoms with Gasteiger partial charge in [-0.1, -0.05) is 19.9 Å². The Hall–Kier alpha value is -1.42. The molecule has 0 aliphatic carbocycles. The van der Waals surface area contributed by atoms with Gasteiger partial charge in [0.2, 0.25) is 5.75 Å². The van der Waals surface area contributed by atoms with Gasteiger partial charge in [-0.05, 0) is 12.1 Å². The first kappa shape index (κ1) is 16.6. The van der Waals surface area contributed by atoms with E-state index in [-0.39, 0.29) is 5.75 Å². The van der Waals surface area contributed by atoms with Crippen molar-refractivity contribution in [2.75, 3.05) is 27.4 Å². The molecule has 0 spiro atoms. The molecular weight excluding hydrogens is 232 g/mol. The van der Waals surface area contributed by atoms with Crippen LogP contribution in [-0.2, 0) is 0 Å². The second-order valence-electron chi connectivity index (χ2n) is 3.39. The summed E-state index contributed by atoms with van der Waals surface area (Å²) in [5, 5.41) is 9.34. The van der Waals surface area contributed by atoms with Crippen LogP contribution < -0.4 is 9.47 Å². The molecular formula is C14H25O4+. The highest BCUT2D eigenvalue weighted by molar-refractivity contribution is 5.49. The number of benzene rings is 1. The van der Waals surface area contributed by atoms with E-state index in [9.17, 15) is 5.11 Å². The number of aromatic hydroxyl groups is 1. The van der Waals surface area contributed by atoms with Crippen molar-refractivity contribution in [3.63, 3.8) is 0 Å². The summed E-state index contributed by atoms with van der Waals surface area (Å²) in [4.78, 5) is 0. The second-order valence-corrected chi connectivity index (χ2v) is 3.39. The van der Waals surface area contributed by atoms with Crippen molar-refractivity contribution in [3.05, 3.63) is 18.2 Å². The molecule has 1 heterocycles. The zero-order valence-electron chi connectivity index (χ0n) is 11.8. The van der Waals surface area contributed by atoms with E-state index >= 15 is 0 Å². The third kappa shape index (κ3) is 5.77. The standard InChI is InChI=1S/C8H10O3.C4H8O.C2H6/c1-10-6-4-3-5-7(11-2)8(6)9;1-2-4-5-3-1;1-2/h3-5,9H,1-2H3;1-4H2;1-2H3/p+1. The number of hydrogen-bond donors (Lipinski definition) is 1. The van der Waals surface area contributed by atoms with Crippen molar-refractivity contribution >= 4 is 0 Å². The molecule has 1 saturated heterocycles. The summed E-state index contributed by atoms with van der Waals surface area (Å²) < 4.78 is 13.8. The normalized spacial score (nSPS) is 12.7. The number of rotatable bonds is 2. The third-order valence-electron chi connectivity index (χ3n) is 2.28. The van der Waals surface area contributed by atoms with Crippen LogP contribution in [-0.4, -0.2) is 37.3 Å². The molecule has 2 rings (SSSR count). The Labute approximate surface area is 109 Å². The van der Waals surface area contributed by atoms with E-state index in [0.717, 1.165) is 13.2 Å². The van der Waals surface area contributed by atoms with Gasteiger partial charge in [0.25, 0.3) is 0 Å². The third-order valence-corrected chi connectivity index (χ3v) is 2.28. The topological polar surface area (TPSA) is 51.5 Å². The van der Waals surface area contributed by atoms with E-state index in [1.807, 2.05) is 13.8 Å². The van der Waals surface area contributed by atoms with E-state index in [2.05, 4.69) is 4.74 Å². The Morgan fingerprint density at radius 1 is 1.00 bits per heavy atom. The Morgan fingerprint density at radius 2 is 1.44 bits per heavy atom. The van der Waals surface area contributed by atoms with Gasteiger partial charge in [0.05, 0.1) is 14.2 Å². The number of para-hydroxylation sites is 1. The maximum Gasteiger partial charge on any atom is 0.200 e. The molecule has 0 amide bonds. The number of phenols is 1. The number of hydrogen-bond acceptors (Lipinski definition) is 3. The van der Waals surface area contributed by atoms with Crippen LogP contribution in [0.3, 0.4) is 0 Å². The molecule has 104 valence electrons. The Balaban J connectivity index is 0.000000343. The van der Waals surface area contributed by atoms with Crippen LogP contribution in [0.2, 0.25) is 0 Å². The summed E-state index contributed by atoms with van der Waals surface area (Å²) in [5.41, 5.74) is 0. The minimum absolute atomic E-state index is 0.0394. The minimum atomic E-state index is 0.0394. The molecule has 0 radical (unpaired) electrons. The quantitative estimate of drug-likeness (QED) is 0.829. The molecule has 18 heavy (non-hydrogen) atoms. The van der Waals surface area contributed by atoms with E-state index < -0.39 is 0 Å². The van der Waals surface area contributed by atoms with E-state index in [0.29, 0.717) is 11.5 Å². The predicted octanol–water partition coefficient (Wildman–Crippen LogP) is 2.74. The smallest absolute Gasteiger partial charge is 0.200 e. The van der Waals surface area contributed by atoms with Gasteiger partial charge < -0.3 is 19.3 Å². The lowest BCUT2D eigenvalue weighted by molar-refractivity contribution is 0.0102. The summed E-state index contributed by atoms with van der Waals surface area (Å²) in [6, 6.07) is 5.08. The minimum Gasteiger partial charge on any atom is -0.502 e. The molecule has 1 fully saturated rings. The van der Waals surface area contributed by atoms with Crippen molar-refractivity contribution in [1.82, 2.24) is 0 Å². The van der Waals surface area contributed by atoms with Crippen molar-refractivity contribution in [3.8, 4) is 17.2 Å². The molecule has 0 bridgehead atoms. The zero-order valence-corrected chi connectivity index (χ0v) is 11.8. The summed E-state index contributed by atoms with van der Waals surface area (Å²) in [6.45, 7) is 6.25. The van der Waals surface area contributed by atoms with Crippen LogP contribution >= 0.6 is 0 Å². The zero-order chi connectivity index (χ0) is 13.8. The van der Waals surface area contributed by atoms with Crippen LogP contribution in [0.1, 0.15) is 26.7 Å². The largest absolute Gasteiger partial charge is 0.502 e. The van der Waals surface area contributed by atoms with Gasteiger partial charge in [0.15, 0.2) is 11.5 Å². The van der Waals surface area contributed by atoms with Crippen LogP contribution in [0.15, 0.2) is 18.2 Å². The monoisotopic (exact) mass is 257 g/mol. The van der Waals surface area contributed by atoms with Crippen LogP contribution in [0.5, 0.6) is 17.2 Å². The van der Waals surface area contributed by atoms with Crippen molar-refractivity contribution < 1.29 is 19.3 Å². The molecule has 0 atom stereocenters. The lowest BCUT2D eigenvalue weighted by Crippen LogP contribution is -1.87. The van der Waals surface area contributed by atoms with Crippen LogP contribution in [0.25, 0.3) is 0 Å². The number of ether oxygens (including phenoxy) is 3. The van der Waals surface area contributed by atoms with Gasteiger partial charge in [0.1, 0.15) is 13.2 Å². The highest BCUT2D eigenvalue weighted by atomic mass is 16.5. The van der Waals surface area contributed by atoms with Gasteiger partial charge in [-0.25, -0.2) is 0 Å². The summed E-state index contributed by atoms with van der Waals surface area (Å²) in [7, 11) is 2.99. The van der Waals surface area contributed by atoms with E-state index in [4.69, 9.17) is 9.47 Å². The molecule has 2 N–H and O–H groups in total. The summed E-state index contributed by atoms with van der Waals surface area (Å²) in [6.07, 6.45) is 2.67. The first-order valence-electron chi connectivity index (χ1n) is 6.32. The predicted molar refractivity (Wildman–Crippen MR) is 73.7 cm³/mol. The number of phenolic OH excluding ortho intramolecular Hbond substituents is 1. The van der Waals surface area contributed by atoms with Crippen LogP contribution in [0.4, 0.5) is 0 Å². The van der Waals surface area contributed by atoms with Gasteiger partial charge in [-0.2, -0.15) is 0 Å². The second kappa shape index (κ2) is 10.7. The highest BCUT2D eigenvalue weighted by Crippen LogP contribution is 2.34. The molecule has 0 saturated carbocycles. The maximum atomic E-state index is 9.34. The SMILES string of the molecule is C1CC[OH+]C1.CC.COc1cccc(OC)c1O. The Morgan fingerprint density at radius 3 is 1.72 bits per heavy atom. The molecule has 4 heteroatoms. The molecule has 0 aromatic heterocycles. The summed E-state index contributed by atoms with van der Waals surface area (Å²) in [5.74, 6) is 0.881. The Bertz CT molecular complexity index is 279. The molecule has 0 unspecified atom stereocenters. The van der Waals surface area contributed by atoms with Gasteiger partial charge in [0, 0.05) is 12.8 Å². The first-order valence-corrected chi connectivity index (χ1v) is 6.32. The molecule has 4 nitrogen and oxygen atoms in total. The maximum absolute atomic E-state index is 9.34. The first-order chi connectivity index (χ1) is 8.79. The fourth-order valence-electron chi connectivity index (χ4n) is 1.39. The summed E-state index contributed by atoms with van der Waals surface area (Å²) >= 11 is 0. The number of aliphatic hydroxyl groups is 2.